The van der Waals surface area contributed by atoms with Crippen LogP contribution in [0.4, 0.5) is 0 Å². The molecule has 0 saturated carbocycles. The molecule has 33 valence electrons. The first kappa shape index (κ1) is 35.3. The van der Waals surface area contributed by atoms with Crippen molar-refractivity contribution in [1.82, 2.24) is 0 Å². The van der Waals surface area contributed by atoms with Gasteiger partial charge in [-0.15, -0.1) is 0 Å². The molecule has 0 saturated heterocycles. The molecule has 0 aliphatic carbocycles. The van der Waals surface area contributed by atoms with E-state index < -0.39 is 0 Å². The first-order valence-electron chi connectivity index (χ1n) is 0. The van der Waals surface area contributed by atoms with Crippen LogP contribution in [0.1, 0.15) is 0 Å². The van der Waals surface area contributed by atoms with E-state index in [1.54, 1.807) is 0 Å². The van der Waals surface area contributed by atoms with Gasteiger partial charge in [0.15, 0.2) is 17.4 Å². The summed E-state index contributed by atoms with van der Waals surface area (Å²) in [5, 5.41) is 0. The molecule has 0 fully saturated rings. The van der Waals surface area contributed by atoms with Crippen molar-refractivity contribution in [3.05, 3.63) is 0 Å². The second kappa shape index (κ2) is 19.2. The molecule has 1 radical (unpaired) electrons. The Morgan fingerprint density at radius 2 is 1.00 bits per heavy atom. The zero-order chi connectivity index (χ0) is 0. The van der Waals surface area contributed by atoms with Gasteiger partial charge >= 0.3 is 26.2 Å². The molecule has 4 heavy (non-hydrogen) atoms. The van der Waals surface area contributed by atoms with E-state index in [1.807, 2.05) is 0 Å². The number of hydrogen-bond acceptors (Lipinski definition) is 0. The first-order valence-corrected chi connectivity index (χ1v) is 0. The Balaban J connectivity index is 0. The van der Waals surface area contributed by atoms with Gasteiger partial charge in [-0.05, 0) is 11.0 Å². The van der Waals surface area contributed by atoms with E-state index >= 15 is 0 Å². The molecule has 0 aliphatic heterocycles. The van der Waals surface area contributed by atoms with Crippen LogP contribution in [0.2, 0.25) is 0 Å². The molecule has 0 nitrogen and oxygen atoms in total. The normalized spacial score (nSPS) is 0. The summed E-state index contributed by atoms with van der Waals surface area (Å²) in [5.74, 6) is 0. The molecule has 0 unspecified atom stereocenters. The summed E-state index contributed by atoms with van der Waals surface area (Å²) in [6.07, 6.45) is 0. The van der Waals surface area contributed by atoms with Gasteiger partial charge in [0.25, 0.3) is 0 Å². The van der Waals surface area contributed by atoms with Crippen LogP contribution in [0.25, 0.3) is 0 Å². The van der Waals surface area contributed by atoms with Crippen LogP contribution in [0.3, 0.4) is 0 Å². The van der Waals surface area contributed by atoms with Crippen LogP contribution in [0.5, 0.6) is 0 Å². The minimum Gasteiger partial charge on any atom is -0.0149 e. The Morgan fingerprint density at radius 3 is 1.00 bits per heavy atom. The summed E-state index contributed by atoms with van der Waals surface area (Å²) >= 11 is 0. The minimum absolute atomic E-state index is 0. The van der Waals surface area contributed by atoms with Gasteiger partial charge in [0.2, 0.25) is 0 Å². The summed E-state index contributed by atoms with van der Waals surface area (Å²) in [7, 11) is 0. The maximum Gasteiger partial charge on any atom is 0 e. The Kier molecular flexibility index (Phi) is 169. The van der Waals surface area contributed by atoms with Gasteiger partial charge in [-0.2, -0.15) is 0 Å². The maximum atomic E-state index is 0. The summed E-state index contributed by atoms with van der Waals surface area (Å²) < 4.78 is 0. The van der Waals surface area contributed by atoms with Crippen LogP contribution in [0, 0.1) is 0 Å². The van der Waals surface area contributed by atoms with Crippen molar-refractivity contribution in [3.8, 4) is 0 Å². The molecule has 0 spiro atoms. The minimum atomic E-state index is 0. The van der Waals surface area contributed by atoms with E-state index in [-0.39, 0.29) is 71.6 Å². The van der Waals surface area contributed by atoms with Crippen molar-refractivity contribution in [2.24, 2.45) is 0 Å². The summed E-state index contributed by atoms with van der Waals surface area (Å²) in [6, 6.07) is 0. The van der Waals surface area contributed by atoms with E-state index in [0.717, 1.165) is 0 Å². The van der Waals surface area contributed by atoms with Crippen molar-refractivity contribution < 1.29 is 17.1 Å². The maximum absolute atomic E-state index is 0. The molecule has 0 N–H and O–H groups in total. The predicted molar refractivity (Wildman–Crippen MR) is 31.2 cm³/mol. The standard InChI is InChI=1S/Al.Bi.Cu.H4Si.6H/h;;;1H4;;;;;;. The van der Waals surface area contributed by atoms with Gasteiger partial charge in [0.05, 0.1) is 0 Å². The van der Waals surface area contributed by atoms with E-state index in [9.17, 15) is 0 Å². The van der Waals surface area contributed by atoms with Gasteiger partial charge in [-0.3, -0.25) is 0 Å². The average molecular weight is 338 g/mol. The van der Waals surface area contributed by atoms with Gasteiger partial charge in [-0.25, -0.2) is 0 Å². The quantitative estimate of drug-likeness (QED) is 0.398. The molecule has 4 heteroatoms. The van der Waals surface area contributed by atoms with Crippen LogP contribution >= 0.6 is 0 Å². The van der Waals surface area contributed by atoms with Gasteiger partial charge in [-0.1, -0.05) is 0 Å². The predicted octanol–water partition coefficient (Wildman–Crippen LogP) is -3.82. The summed E-state index contributed by atoms with van der Waals surface area (Å²) in [6.45, 7) is 0. The molecular weight excluding hydrogens is 328 g/mol. The zero-order valence-corrected chi connectivity index (χ0v) is 7.45. The number of rotatable bonds is 0. The summed E-state index contributed by atoms with van der Waals surface area (Å²) in [4.78, 5) is 0. The Labute approximate surface area is 70.9 Å². The fourth-order valence-corrected chi connectivity index (χ4v) is 0. The fourth-order valence-electron chi connectivity index (χ4n) is 0. The Bertz CT molecular complexity index is 8.00. The van der Waals surface area contributed by atoms with E-state index in [4.69, 9.17) is 0 Å². The van der Waals surface area contributed by atoms with Crippen molar-refractivity contribution >= 4 is 54.5 Å². The molecule has 0 aliphatic rings. The molecular formula is H10AlBiCuSi. The third-order valence-corrected chi connectivity index (χ3v) is 0. The van der Waals surface area contributed by atoms with Crippen molar-refractivity contribution in [1.29, 1.82) is 0 Å². The van der Waals surface area contributed by atoms with E-state index in [2.05, 4.69) is 0 Å². The molecule has 0 aromatic carbocycles. The van der Waals surface area contributed by atoms with Crippen LogP contribution in [-0.2, 0) is 17.1 Å². The molecule has 0 bridgehead atoms. The van der Waals surface area contributed by atoms with Crippen molar-refractivity contribution in [2.45, 2.75) is 0 Å². The van der Waals surface area contributed by atoms with E-state index in [0.29, 0.717) is 0 Å². The fraction of sp³-hybridized carbons (Fsp3) is 0. The molecule has 0 rings (SSSR count). The van der Waals surface area contributed by atoms with Crippen molar-refractivity contribution in [2.75, 3.05) is 0 Å². The molecule has 0 atom stereocenters. The first-order chi connectivity index (χ1) is 0. The summed E-state index contributed by atoms with van der Waals surface area (Å²) in [5.41, 5.74) is 0. The van der Waals surface area contributed by atoms with Crippen LogP contribution < -0.4 is 0 Å². The Hall–Kier alpha value is 2.15. The van der Waals surface area contributed by atoms with Crippen molar-refractivity contribution in [3.63, 3.8) is 0 Å². The SMILES string of the molecule is [AlH3].[BiH3].[Cu].[SiH4]. The smallest absolute Gasteiger partial charge is 0 e. The largest absolute Gasteiger partial charge is 0.0149 e. The molecule has 0 amide bonds. The topological polar surface area (TPSA) is 0 Å². The van der Waals surface area contributed by atoms with Crippen LogP contribution in [-0.4, -0.2) is 54.5 Å². The third-order valence-electron chi connectivity index (χ3n) is 0. The second-order valence-corrected chi connectivity index (χ2v) is 0. The second-order valence-electron chi connectivity index (χ2n) is 0. The Morgan fingerprint density at radius 1 is 1.00 bits per heavy atom. The zero-order valence-electron chi connectivity index (χ0n) is 1.01. The van der Waals surface area contributed by atoms with Gasteiger partial charge in [0, 0.05) is 17.1 Å². The van der Waals surface area contributed by atoms with Crippen LogP contribution in [0.15, 0.2) is 0 Å². The molecule has 0 aromatic rings. The average Bonchev–Trinajstić information content (AvgIpc) is 0. The van der Waals surface area contributed by atoms with E-state index in [1.165, 1.54) is 0 Å². The monoisotopic (exact) mass is 337 g/mol. The molecule has 0 heterocycles. The van der Waals surface area contributed by atoms with Gasteiger partial charge in [0.1, 0.15) is 0 Å². The van der Waals surface area contributed by atoms with Gasteiger partial charge < -0.3 is 0 Å². The molecule has 0 aromatic heterocycles. The third kappa shape index (κ3) is 8.91. The number of hydrogen-bond donors (Lipinski definition) is 0.